The first kappa shape index (κ1) is 15.6. The highest BCUT2D eigenvalue weighted by atomic mass is 16.2. The molecule has 6 nitrogen and oxygen atoms in total. The van der Waals surface area contributed by atoms with Crippen LogP contribution in [-0.2, 0) is 23.3 Å². The molecule has 0 N–H and O–H groups in total. The third-order valence-corrected chi connectivity index (χ3v) is 4.28. The lowest BCUT2D eigenvalue weighted by Crippen LogP contribution is -2.32. The number of fused-ring (bicyclic) bond motifs is 1. The van der Waals surface area contributed by atoms with E-state index < -0.39 is 0 Å². The molecule has 1 amide bonds. The molecule has 0 radical (unpaired) electrons. The van der Waals surface area contributed by atoms with E-state index in [4.69, 9.17) is 0 Å². The van der Waals surface area contributed by atoms with E-state index >= 15 is 0 Å². The number of hydrogen-bond acceptors (Lipinski definition) is 4. The molecule has 0 bridgehead atoms. The predicted molar refractivity (Wildman–Crippen MR) is 86.7 cm³/mol. The van der Waals surface area contributed by atoms with Gasteiger partial charge in [0.1, 0.15) is 17.7 Å². The van der Waals surface area contributed by atoms with Crippen molar-refractivity contribution in [2.24, 2.45) is 0 Å². The molecule has 0 spiro atoms. The Morgan fingerprint density at radius 3 is 2.61 bits per heavy atom. The molecular formula is C17H23N5O. The van der Waals surface area contributed by atoms with Crippen LogP contribution in [0.5, 0.6) is 0 Å². The molecule has 23 heavy (non-hydrogen) atoms. The number of hydrogen-bond donors (Lipinski definition) is 0. The molecule has 1 aliphatic rings. The van der Waals surface area contributed by atoms with Crippen molar-refractivity contribution in [1.29, 1.82) is 0 Å². The maximum absolute atomic E-state index is 12.8. The first-order chi connectivity index (χ1) is 10.8. The van der Waals surface area contributed by atoms with Crippen molar-refractivity contribution in [2.45, 2.75) is 59.2 Å². The summed E-state index contributed by atoms with van der Waals surface area (Å²) in [7, 11) is 0. The van der Waals surface area contributed by atoms with Gasteiger partial charge in [-0.25, -0.2) is 15.0 Å². The molecule has 2 aromatic heterocycles. The maximum atomic E-state index is 12.8. The molecule has 2 aromatic rings. The molecule has 0 saturated carbocycles. The molecular weight excluding hydrogens is 290 g/mol. The lowest BCUT2D eigenvalue weighted by molar-refractivity contribution is -0.135. The van der Waals surface area contributed by atoms with Crippen LogP contribution in [0.2, 0.25) is 0 Å². The summed E-state index contributed by atoms with van der Waals surface area (Å²) in [5.74, 6) is 1.75. The van der Waals surface area contributed by atoms with Crippen molar-refractivity contribution in [3.05, 3.63) is 41.5 Å². The summed E-state index contributed by atoms with van der Waals surface area (Å²) in [6.45, 7) is 11.2. The van der Waals surface area contributed by atoms with Gasteiger partial charge in [-0.05, 0) is 13.8 Å². The van der Waals surface area contributed by atoms with Gasteiger partial charge in [0.15, 0.2) is 0 Å². The molecule has 0 fully saturated rings. The topological polar surface area (TPSA) is 63.9 Å². The minimum absolute atomic E-state index is 0.0846. The van der Waals surface area contributed by atoms with Crippen molar-refractivity contribution in [2.75, 3.05) is 0 Å². The normalized spacial score (nSPS) is 15.6. The second-order valence-electron chi connectivity index (χ2n) is 7.17. The standard InChI is InChI=1S/C17H23N5O/c1-11(22-7-6-18-12(22)2)15(23)21-9-13-8-19-16(17(3,4)5)20-14(13)10-21/h6-8,11H,9-10H2,1-5H3/t11-/m0/s1. The molecule has 122 valence electrons. The molecule has 0 aliphatic carbocycles. The fourth-order valence-corrected chi connectivity index (χ4v) is 2.85. The van der Waals surface area contributed by atoms with E-state index in [1.165, 1.54) is 0 Å². The van der Waals surface area contributed by atoms with Crippen LogP contribution in [0.15, 0.2) is 18.6 Å². The van der Waals surface area contributed by atoms with Gasteiger partial charge in [-0.3, -0.25) is 4.79 Å². The van der Waals surface area contributed by atoms with E-state index in [0.717, 1.165) is 22.9 Å². The summed E-state index contributed by atoms with van der Waals surface area (Å²) >= 11 is 0. The molecule has 6 heteroatoms. The largest absolute Gasteiger partial charge is 0.331 e. The van der Waals surface area contributed by atoms with Crippen LogP contribution in [0.3, 0.4) is 0 Å². The quantitative estimate of drug-likeness (QED) is 0.854. The molecule has 1 aliphatic heterocycles. The van der Waals surface area contributed by atoms with Crippen molar-refractivity contribution < 1.29 is 4.79 Å². The van der Waals surface area contributed by atoms with Gasteiger partial charge < -0.3 is 9.47 Å². The predicted octanol–water partition coefficient (Wildman–Crippen LogP) is 2.38. The van der Waals surface area contributed by atoms with Crippen LogP contribution in [0.25, 0.3) is 0 Å². The van der Waals surface area contributed by atoms with Crippen LogP contribution >= 0.6 is 0 Å². The first-order valence-electron chi connectivity index (χ1n) is 7.91. The third kappa shape index (κ3) is 2.85. The Labute approximate surface area is 136 Å². The highest BCUT2D eigenvalue weighted by Gasteiger charge is 2.30. The van der Waals surface area contributed by atoms with Crippen LogP contribution in [-0.4, -0.2) is 30.3 Å². The molecule has 0 saturated heterocycles. The number of nitrogens with zero attached hydrogens (tertiary/aromatic N) is 5. The van der Waals surface area contributed by atoms with E-state index in [1.54, 1.807) is 6.20 Å². The Morgan fingerprint density at radius 2 is 2.00 bits per heavy atom. The van der Waals surface area contributed by atoms with Crippen LogP contribution < -0.4 is 0 Å². The van der Waals surface area contributed by atoms with Gasteiger partial charge in [0, 0.05) is 36.1 Å². The molecule has 3 heterocycles. The zero-order valence-electron chi connectivity index (χ0n) is 14.4. The summed E-state index contributed by atoms with van der Waals surface area (Å²) in [6, 6.07) is -0.262. The summed E-state index contributed by atoms with van der Waals surface area (Å²) in [6.07, 6.45) is 5.43. The van der Waals surface area contributed by atoms with E-state index in [0.29, 0.717) is 13.1 Å². The highest BCUT2D eigenvalue weighted by molar-refractivity contribution is 5.80. The van der Waals surface area contributed by atoms with Crippen LogP contribution in [0, 0.1) is 6.92 Å². The average molecular weight is 313 g/mol. The average Bonchev–Trinajstić information content (AvgIpc) is 3.09. The van der Waals surface area contributed by atoms with Gasteiger partial charge in [0.2, 0.25) is 5.91 Å². The molecule has 0 unspecified atom stereocenters. The van der Waals surface area contributed by atoms with Crippen molar-refractivity contribution in [3.8, 4) is 0 Å². The number of carbonyl (C=O) groups is 1. The summed E-state index contributed by atoms with van der Waals surface area (Å²) in [5, 5.41) is 0. The Bertz CT molecular complexity index is 744. The highest BCUT2D eigenvalue weighted by Crippen LogP contribution is 2.26. The van der Waals surface area contributed by atoms with E-state index in [-0.39, 0.29) is 17.4 Å². The Balaban J connectivity index is 1.79. The Kier molecular flexibility index (Phi) is 3.70. The van der Waals surface area contributed by atoms with Crippen molar-refractivity contribution in [3.63, 3.8) is 0 Å². The summed E-state index contributed by atoms with van der Waals surface area (Å²) < 4.78 is 1.90. The monoisotopic (exact) mass is 313 g/mol. The third-order valence-electron chi connectivity index (χ3n) is 4.28. The van der Waals surface area contributed by atoms with Gasteiger partial charge >= 0.3 is 0 Å². The Hall–Kier alpha value is -2.24. The van der Waals surface area contributed by atoms with Crippen LogP contribution in [0.4, 0.5) is 0 Å². The minimum atomic E-state index is -0.262. The SMILES string of the molecule is Cc1nccn1[C@@H](C)C(=O)N1Cc2cnc(C(C)(C)C)nc2C1. The van der Waals surface area contributed by atoms with Crippen LogP contribution in [0.1, 0.15) is 56.6 Å². The van der Waals surface area contributed by atoms with E-state index in [9.17, 15) is 4.79 Å². The zero-order chi connectivity index (χ0) is 16.8. The minimum Gasteiger partial charge on any atom is -0.331 e. The number of amides is 1. The van der Waals surface area contributed by atoms with Gasteiger partial charge in [-0.2, -0.15) is 0 Å². The van der Waals surface area contributed by atoms with Crippen molar-refractivity contribution >= 4 is 5.91 Å². The lowest BCUT2D eigenvalue weighted by Gasteiger charge is -2.21. The fourth-order valence-electron chi connectivity index (χ4n) is 2.85. The number of imidazole rings is 1. The molecule has 1 atom stereocenters. The zero-order valence-corrected chi connectivity index (χ0v) is 14.4. The van der Waals surface area contributed by atoms with E-state index in [2.05, 4.69) is 35.7 Å². The number of aromatic nitrogens is 4. The smallest absolute Gasteiger partial charge is 0.246 e. The number of carbonyl (C=O) groups excluding carboxylic acids is 1. The number of rotatable bonds is 2. The lowest BCUT2D eigenvalue weighted by atomic mass is 9.95. The number of aryl methyl sites for hydroxylation is 1. The van der Waals surface area contributed by atoms with Crippen molar-refractivity contribution in [1.82, 2.24) is 24.4 Å². The van der Waals surface area contributed by atoms with Gasteiger partial charge in [0.25, 0.3) is 0 Å². The van der Waals surface area contributed by atoms with E-state index in [1.807, 2.05) is 35.7 Å². The Morgan fingerprint density at radius 1 is 1.26 bits per heavy atom. The maximum Gasteiger partial charge on any atom is 0.246 e. The molecule has 3 rings (SSSR count). The second-order valence-corrected chi connectivity index (χ2v) is 7.17. The first-order valence-corrected chi connectivity index (χ1v) is 7.91. The molecule has 0 aromatic carbocycles. The summed E-state index contributed by atoms with van der Waals surface area (Å²) in [5.41, 5.74) is 1.92. The van der Waals surface area contributed by atoms with Gasteiger partial charge in [-0.15, -0.1) is 0 Å². The van der Waals surface area contributed by atoms with Gasteiger partial charge in [-0.1, -0.05) is 20.8 Å². The van der Waals surface area contributed by atoms with Gasteiger partial charge in [0.05, 0.1) is 12.2 Å². The summed E-state index contributed by atoms with van der Waals surface area (Å²) in [4.78, 5) is 27.9. The second kappa shape index (κ2) is 5.44. The fraction of sp³-hybridized carbons (Fsp3) is 0.529.